The summed E-state index contributed by atoms with van der Waals surface area (Å²) in [5.41, 5.74) is 3.40. The van der Waals surface area contributed by atoms with Gasteiger partial charge in [0, 0.05) is 47.9 Å². The van der Waals surface area contributed by atoms with E-state index in [0.29, 0.717) is 30.0 Å². The van der Waals surface area contributed by atoms with Gasteiger partial charge in [0.05, 0.1) is 5.69 Å². The fraction of sp³-hybridized carbons (Fsp3) is 0.286. The van der Waals surface area contributed by atoms with Gasteiger partial charge in [-0.15, -0.1) is 0 Å². The van der Waals surface area contributed by atoms with Crippen LogP contribution in [0.1, 0.15) is 54.6 Å². The number of hydrogen-bond acceptors (Lipinski definition) is 3. The van der Waals surface area contributed by atoms with Gasteiger partial charge in [-0.05, 0) is 60.5 Å². The SMILES string of the molecule is CC[C@@H](C)NC(=O)[C@H](Cc1ccccc1)N(Cc1cccc(Cl)c1)C(=O)CCCN1C(=O)c2cccc3cccc1c23. The van der Waals surface area contributed by atoms with Gasteiger partial charge < -0.3 is 15.1 Å². The molecule has 0 spiro atoms. The molecule has 0 bridgehead atoms. The predicted octanol–water partition coefficient (Wildman–Crippen LogP) is 6.79. The first kappa shape index (κ1) is 29.3. The van der Waals surface area contributed by atoms with E-state index in [4.69, 9.17) is 11.6 Å². The zero-order chi connectivity index (χ0) is 29.6. The molecule has 4 aromatic rings. The largest absolute Gasteiger partial charge is 0.352 e. The lowest BCUT2D eigenvalue weighted by Gasteiger charge is -2.32. The van der Waals surface area contributed by atoms with Crippen molar-refractivity contribution in [1.29, 1.82) is 0 Å². The van der Waals surface area contributed by atoms with Crippen LogP contribution in [0.3, 0.4) is 0 Å². The van der Waals surface area contributed by atoms with Crippen LogP contribution in [0.15, 0.2) is 91.0 Å². The number of hydrogen-bond donors (Lipinski definition) is 1. The second-order valence-corrected chi connectivity index (χ2v) is 11.4. The first-order valence-electron chi connectivity index (χ1n) is 14.6. The normalized spacial score (nSPS) is 13.7. The third-order valence-corrected chi connectivity index (χ3v) is 8.17. The van der Waals surface area contributed by atoms with Gasteiger partial charge in [0.2, 0.25) is 11.8 Å². The highest BCUT2D eigenvalue weighted by Gasteiger charge is 2.32. The van der Waals surface area contributed by atoms with Gasteiger partial charge in [-0.3, -0.25) is 14.4 Å². The average Bonchev–Trinajstić information content (AvgIpc) is 3.27. The summed E-state index contributed by atoms with van der Waals surface area (Å²) in [5.74, 6) is -0.363. The minimum Gasteiger partial charge on any atom is -0.352 e. The van der Waals surface area contributed by atoms with E-state index in [0.717, 1.165) is 34.0 Å². The van der Waals surface area contributed by atoms with E-state index in [1.807, 2.05) is 98.8 Å². The number of halogens is 1. The lowest BCUT2D eigenvalue weighted by Crippen LogP contribution is -2.52. The second-order valence-electron chi connectivity index (χ2n) is 10.9. The smallest absolute Gasteiger partial charge is 0.258 e. The molecule has 5 rings (SSSR count). The van der Waals surface area contributed by atoms with Crippen molar-refractivity contribution in [1.82, 2.24) is 10.2 Å². The van der Waals surface area contributed by atoms with Crippen LogP contribution in [-0.2, 0) is 22.6 Å². The number of rotatable bonds is 12. The number of carbonyl (C=O) groups excluding carboxylic acids is 3. The first-order valence-corrected chi connectivity index (χ1v) is 14.9. The zero-order valence-corrected chi connectivity index (χ0v) is 24.8. The van der Waals surface area contributed by atoms with E-state index in [1.54, 1.807) is 15.9 Å². The van der Waals surface area contributed by atoms with Gasteiger partial charge in [-0.25, -0.2) is 0 Å². The van der Waals surface area contributed by atoms with E-state index in [9.17, 15) is 14.4 Å². The maximum atomic E-state index is 14.0. The Morgan fingerprint density at radius 1 is 0.929 bits per heavy atom. The molecule has 0 fully saturated rings. The minimum absolute atomic E-state index is 0.0237. The average molecular weight is 582 g/mol. The van der Waals surface area contributed by atoms with Crippen molar-refractivity contribution < 1.29 is 14.4 Å². The van der Waals surface area contributed by atoms with Crippen LogP contribution < -0.4 is 10.2 Å². The van der Waals surface area contributed by atoms with E-state index in [1.165, 1.54) is 0 Å². The van der Waals surface area contributed by atoms with E-state index in [2.05, 4.69) is 5.32 Å². The molecule has 1 heterocycles. The molecular weight excluding hydrogens is 546 g/mol. The number of benzene rings is 4. The number of anilines is 1. The maximum Gasteiger partial charge on any atom is 0.258 e. The molecule has 0 saturated carbocycles. The molecule has 2 atom stereocenters. The van der Waals surface area contributed by atoms with Gasteiger partial charge >= 0.3 is 0 Å². The highest BCUT2D eigenvalue weighted by Crippen LogP contribution is 2.37. The van der Waals surface area contributed by atoms with E-state index in [-0.39, 0.29) is 36.7 Å². The molecule has 1 N–H and O–H groups in total. The molecule has 0 unspecified atom stereocenters. The molecule has 6 nitrogen and oxygen atoms in total. The van der Waals surface area contributed by atoms with E-state index < -0.39 is 6.04 Å². The molecule has 216 valence electrons. The first-order chi connectivity index (χ1) is 20.4. The molecular formula is C35H36ClN3O3. The summed E-state index contributed by atoms with van der Waals surface area (Å²) in [5, 5.41) is 5.66. The summed E-state index contributed by atoms with van der Waals surface area (Å²) in [7, 11) is 0. The molecule has 42 heavy (non-hydrogen) atoms. The molecule has 0 aromatic heterocycles. The van der Waals surface area contributed by atoms with Gasteiger partial charge in [0.25, 0.3) is 5.91 Å². The van der Waals surface area contributed by atoms with Gasteiger partial charge in [-0.2, -0.15) is 0 Å². The highest BCUT2D eigenvalue weighted by atomic mass is 35.5. The van der Waals surface area contributed by atoms with Crippen LogP contribution in [0, 0.1) is 0 Å². The summed E-state index contributed by atoms with van der Waals surface area (Å²) in [6.07, 6.45) is 1.83. The Balaban J connectivity index is 1.38. The van der Waals surface area contributed by atoms with Crippen LogP contribution in [0.25, 0.3) is 10.8 Å². The van der Waals surface area contributed by atoms with Crippen LogP contribution in [0.2, 0.25) is 5.02 Å². The monoisotopic (exact) mass is 581 g/mol. The lowest BCUT2D eigenvalue weighted by atomic mass is 10.0. The number of nitrogens with one attached hydrogen (secondary N) is 1. The molecule has 0 saturated heterocycles. The molecule has 4 aromatic carbocycles. The lowest BCUT2D eigenvalue weighted by molar-refractivity contribution is -0.141. The summed E-state index contributed by atoms with van der Waals surface area (Å²) >= 11 is 6.29. The summed E-state index contributed by atoms with van der Waals surface area (Å²) in [4.78, 5) is 44.4. The van der Waals surface area contributed by atoms with E-state index >= 15 is 0 Å². The maximum absolute atomic E-state index is 14.0. The van der Waals surface area contributed by atoms with Crippen LogP contribution in [-0.4, -0.2) is 41.2 Å². The number of amides is 3. The third kappa shape index (κ3) is 6.50. The third-order valence-electron chi connectivity index (χ3n) is 7.94. The standard InChI is InChI=1S/C35H36ClN3O3/c1-3-24(2)37-34(41)31(22-25-11-5-4-6-12-25)39(23-26-13-7-16-28(36)21-26)32(40)19-10-20-38-30-18-9-15-27-14-8-17-29(33(27)30)35(38)42/h4-9,11-18,21,24,31H,3,10,19-20,22-23H2,1-2H3,(H,37,41)/t24-,31+/m1/s1. The Morgan fingerprint density at radius 3 is 2.38 bits per heavy atom. The second kappa shape index (κ2) is 13.2. The fourth-order valence-electron chi connectivity index (χ4n) is 5.56. The Labute approximate surface area is 252 Å². The fourth-order valence-corrected chi connectivity index (χ4v) is 5.77. The summed E-state index contributed by atoms with van der Waals surface area (Å²) in [6.45, 7) is 4.64. The van der Waals surface area contributed by atoms with Gasteiger partial charge in [0.15, 0.2) is 0 Å². The summed E-state index contributed by atoms with van der Waals surface area (Å²) < 4.78 is 0. The summed E-state index contributed by atoms with van der Waals surface area (Å²) in [6, 6.07) is 28.1. The van der Waals surface area contributed by atoms with Gasteiger partial charge in [-0.1, -0.05) is 85.3 Å². The Kier molecular flexibility index (Phi) is 9.23. The zero-order valence-electron chi connectivity index (χ0n) is 24.1. The molecule has 1 aliphatic rings. The van der Waals surface area contributed by atoms with Crippen molar-refractivity contribution in [2.75, 3.05) is 11.4 Å². The Bertz CT molecular complexity index is 1580. The van der Waals surface area contributed by atoms with Gasteiger partial charge in [0.1, 0.15) is 6.04 Å². The van der Waals surface area contributed by atoms with Crippen molar-refractivity contribution in [2.24, 2.45) is 0 Å². The molecule has 0 radical (unpaired) electrons. The van der Waals surface area contributed by atoms with Crippen molar-refractivity contribution >= 4 is 45.8 Å². The van der Waals surface area contributed by atoms with Crippen molar-refractivity contribution in [3.63, 3.8) is 0 Å². The number of nitrogens with zero attached hydrogens (tertiary/aromatic N) is 2. The molecule has 1 aliphatic heterocycles. The minimum atomic E-state index is -0.709. The van der Waals surface area contributed by atoms with Crippen molar-refractivity contribution in [3.05, 3.63) is 113 Å². The van der Waals surface area contributed by atoms with Crippen molar-refractivity contribution in [2.45, 2.75) is 58.2 Å². The highest BCUT2D eigenvalue weighted by molar-refractivity contribution is 6.30. The van der Waals surface area contributed by atoms with Crippen LogP contribution in [0.4, 0.5) is 5.69 Å². The van der Waals surface area contributed by atoms with Crippen molar-refractivity contribution in [3.8, 4) is 0 Å². The molecule has 0 aliphatic carbocycles. The number of carbonyl (C=O) groups is 3. The topological polar surface area (TPSA) is 69.7 Å². The Morgan fingerprint density at radius 2 is 1.64 bits per heavy atom. The quantitative estimate of drug-likeness (QED) is 0.200. The van der Waals surface area contributed by atoms with Crippen LogP contribution >= 0.6 is 11.6 Å². The molecule has 3 amide bonds. The predicted molar refractivity (Wildman–Crippen MR) is 169 cm³/mol. The molecule has 7 heteroatoms. The Hall–Kier alpha value is -4.16. The van der Waals surface area contributed by atoms with Crippen LogP contribution in [0.5, 0.6) is 0 Å².